The van der Waals surface area contributed by atoms with Gasteiger partial charge in [0.2, 0.25) is 0 Å². The van der Waals surface area contributed by atoms with Gasteiger partial charge < -0.3 is 15.9 Å². The summed E-state index contributed by atoms with van der Waals surface area (Å²) in [5.41, 5.74) is 5.92. The molecule has 5 nitrogen and oxygen atoms in total. The minimum atomic E-state index is -0.660. The first kappa shape index (κ1) is 39.9. The molecule has 0 saturated carbocycles. The highest BCUT2D eigenvalue weighted by Gasteiger charge is 2.08. The Balaban J connectivity index is 3.37. The SMILES string of the molecule is NCCC(CCCCCCCCCCCCCCCCC(=O)O)CCCCCCCCCCCCCCCC(=O)O. The third-order valence-electron chi connectivity index (χ3n) is 8.83. The first-order valence-corrected chi connectivity index (χ1v) is 18.2. The van der Waals surface area contributed by atoms with Gasteiger partial charge in [0.15, 0.2) is 0 Å². The fraction of sp³-hybridized carbons (Fsp3) is 0.944. The Morgan fingerprint density at radius 1 is 0.366 bits per heavy atom. The molecule has 0 aliphatic carbocycles. The van der Waals surface area contributed by atoms with Gasteiger partial charge in [0.25, 0.3) is 0 Å². The third kappa shape index (κ3) is 35.0. The lowest BCUT2D eigenvalue weighted by Gasteiger charge is -2.16. The molecule has 0 aromatic heterocycles. The predicted molar refractivity (Wildman–Crippen MR) is 176 cm³/mol. The second-order valence-electron chi connectivity index (χ2n) is 12.9. The first-order valence-electron chi connectivity index (χ1n) is 18.2. The molecule has 5 heteroatoms. The van der Waals surface area contributed by atoms with E-state index in [-0.39, 0.29) is 0 Å². The van der Waals surface area contributed by atoms with E-state index in [0.29, 0.717) is 12.8 Å². The number of nitrogens with two attached hydrogens (primary N) is 1. The van der Waals surface area contributed by atoms with Crippen LogP contribution in [0, 0.1) is 5.92 Å². The number of aliphatic carboxylic acids is 2. The Kier molecular flexibility index (Phi) is 32.5. The van der Waals surface area contributed by atoms with Crippen LogP contribution in [0.15, 0.2) is 0 Å². The number of unbranched alkanes of at least 4 members (excludes halogenated alkanes) is 25. The molecule has 0 rings (SSSR count). The van der Waals surface area contributed by atoms with Gasteiger partial charge in [-0.3, -0.25) is 9.59 Å². The van der Waals surface area contributed by atoms with E-state index in [1.165, 1.54) is 167 Å². The van der Waals surface area contributed by atoms with E-state index in [0.717, 1.165) is 38.1 Å². The van der Waals surface area contributed by atoms with Crippen molar-refractivity contribution in [3.05, 3.63) is 0 Å². The predicted octanol–water partition coefficient (Wildman–Crippen LogP) is 11.2. The molecule has 0 radical (unpaired) electrons. The van der Waals surface area contributed by atoms with E-state index in [2.05, 4.69) is 0 Å². The molecule has 0 aromatic carbocycles. The molecule has 41 heavy (non-hydrogen) atoms. The van der Waals surface area contributed by atoms with Crippen molar-refractivity contribution in [2.45, 2.75) is 205 Å². The standard InChI is InChI=1S/C36H71NO4/c37-33-32-34(29-25-21-17-13-9-5-3-7-11-15-19-23-27-31-36(40)41)28-24-20-16-12-8-4-1-2-6-10-14-18-22-26-30-35(38)39/h34H,1-33,37H2,(H,38,39)(H,40,41). The number of hydrogen-bond acceptors (Lipinski definition) is 3. The van der Waals surface area contributed by atoms with Gasteiger partial charge in [-0.15, -0.1) is 0 Å². The van der Waals surface area contributed by atoms with Gasteiger partial charge in [-0.1, -0.05) is 173 Å². The fourth-order valence-electron chi connectivity index (χ4n) is 6.15. The normalized spacial score (nSPS) is 12.1. The lowest BCUT2D eigenvalue weighted by molar-refractivity contribution is -0.138. The number of carbonyl (C=O) groups is 2. The summed E-state index contributed by atoms with van der Waals surface area (Å²) in [6.45, 7) is 0.845. The lowest BCUT2D eigenvalue weighted by Crippen LogP contribution is -2.09. The maximum Gasteiger partial charge on any atom is 0.303 e. The Morgan fingerprint density at radius 3 is 0.805 bits per heavy atom. The lowest BCUT2D eigenvalue weighted by atomic mass is 9.91. The molecule has 0 spiro atoms. The van der Waals surface area contributed by atoms with Crippen LogP contribution in [-0.4, -0.2) is 28.7 Å². The van der Waals surface area contributed by atoms with Crippen LogP contribution in [0.1, 0.15) is 205 Å². The zero-order chi connectivity index (χ0) is 30.1. The molecule has 0 fully saturated rings. The van der Waals surface area contributed by atoms with Gasteiger partial charge in [0, 0.05) is 12.8 Å². The van der Waals surface area contributed by atoms with E-state index in [1.54, 1.807) is 0 Å². The van der Waals surface area contributed by atoms with E-state index >= 15 is 0 Å². The number of rotatable bonds is 35. The summed E-state index contributed by atoms with van der Waals surface area (Å²) < 4.78 is 0. The van der Waals surface area contributed by atoms with Gasteiger partial charge in [-0.05, 0) is 31.7 Å². The Bertz CT molecular complexity index is 554. The highest BCUT2D eigenvalue weighted by Crippen LogP contribution is 2.22. The van der Waals surface area contributed by atoms with Crippen LogP contribution in [0.25, 0.3) is 0 Å². The molecule has 0 amide bonds. The summed E-state index contributed by atoms with van der Waals surface area (Å²) in [4.78, 5) is 21.0. The highest BCUT2D eigenvalue weighted by atomic mass is 16.4. The topological polar surface area (TPSA) is 101 Å². The molecule has 0 heterocycles. The second-order valence-corrected chi connectivity index (χ2v) is 12.9. The average Bonchev–Trinajstić information content (AvgIpc) is 2.94. The van der Waals surface area contributed by atoms with Crippen molar-refractivity contribution < 1.29 is 19.8 Å². The molecule has 0 aromatic rings. The van der Waals surface area contributed by atoms with Crippen molar-refractivity contribution in [2.75, 3.05) is 6.54 Å². The maximum absolute atomic E-state index is 10.5. The van der Waals surface area contributed by atoms with E-state index in [4.69, 9.17) is 15.9 Å². The smallest absolute Gasteiger partial charge is 0.303 e. The average molecular weight is 582 g/mol. The van der Waals surface area contributed by atoms with Crippen LogP contribution >= 0.6 is 0 Å². The molecular weight excluding hydrogens is 510 g/mol. The van der Waals surface area contributed by atoms with Crippen LogP contribution in [0.3, 0.4) is 0 Å². The maximum atomic E-state index is 10.5. The van der Waals surface area contributed by atoms with Gasteiger partial charge >= 0.3 is 11.9 Å². The number of carboxylic acid groups (broad SMARTS) is 2. The van der Waals surface area contributed by atoms with Gasteiger partial charge in [0.1, 0.15) is 0 Å². The third-order valence-corrected chi connectivity index (χ3v) is 8.83. The van der Waals surface area contributed by atoms with Crippen molar-refractivity contribution in [1.29, 1.82) is 0 Å². The van der Waals surface area contributed by atoms with Crippen LogP contribution in [-0.2, 0) is 9.59 Å². The quantitative estimate of drug-likeness (QED) is 0.0646. The van der Waals surface area contributed by atoms with Crippen LogP contribution in [0.2, 0.25) is 0 Å². The molecule has 0 bridgehead atoms. The molecule has 1 unspecified atom stereocenters. The molecule has 244 valence electrons. The summed E-state index contributed by atoms with van der Waals surface area (Å²) in [5.74, 6) is -0.471. The van der Waals surface area contributed by atoms with Gasteiger partial charge in [0.05, 0.1) is 0 Å². The highest BCUT2D eigenvalue weighted by molar-refractivity contribution is 5.66. The molecule has 0 aliphatic heterocycles. The fourth-order valence-corrected chi connectivity index (χ4v) is 6.15. The van der Waals surface area contributed by atoms with Crippen molar-refractivity contribution in [3.63, 3.8) is 0 Å². The van der Waals surface area contributed by atoms with Crippen LogP contribution < -0.4 is 5.73 Å². The van der Waals surface area contributed by atoms with Gasteiger partial charge in [-0.25, -0.2) is 0 Å². The summed E-state index contributed by atoms with van der Waals surface area (Å²) in [5, 5.41) is 17.3. The van der Waals surface area contributed by atoms with E-state index in [9.17, 15) is 9.59 Å². The molecule has 0 saturated heterocycles. The Labute approximate surface area is 255 Å². The minimum absolute atomic E-state index is 0.332. The molecule has 4 N–H and O–H groups in total. The van der Waals surface area contributed by atoms with Crippen molar-refractivity contribution in [3.8, 4) is 0 Å². The number of hydrogen-bond donors (Lipinski definition) is 3. The second kappa shape index (κ2) is 33.4. The summed E-state index contributed by atoms with van der Waals surface area (Å²) in [6.07, 6.45) is 39.6. The Hall–Kier alpha value is -1.10. The van der Waals surface area contributed by atoms with Crippen molar-refractivity contribution >= 4 is 11.9 Å². The minimum Gasteiger partial charge on any atom is -0.481 e. The van der Waals surface area contributed by atoms with Gasteiger partial charge in [-0.2, -0.15) is 0 Å². The van der Waals surface area contributed by atoms with E-state index < -0.39 is 11.9 Å². The molecular formula is C36H71NO4. The monoisotopic (exact) mass is 582 g/mol. The van der Waals surface area contributed by atoms with Crippen LogP contribution in [0.5, 0.6) is 0 Å². The summed E-state index contributed by atoms with van der Waals surface area (Å²) >= 11 is 0. The van der Waals surface area contributed by atoms with E-state index in [1.807, 2.05) is 0 Å². The van der Waals surface area contributed by atoms with Crippen molar-refractivity contribution in [2.24, 2.45) is 11.7 Å². The number of carboxylic acids is 2. The largest absolute Gasteiger partial charge is 0.481 e. The first-order chi connectivity index (χ1) is 20.1. The molecule has 1 atom stereocenters. The Morgan fingerprint density at radius 2 is 0.585 bits per heavy atom. The van der Waals surface area contributed by atoms with Crippen molar-refractivity contribution in [1.82, 2.24) is 0 Å². The zero-order valence-electron chi connectivity index (χ0n) is 27.2. The summed E-state index contributed by atoms with van der Waals surface area (Å²) in [6, 6.07) is 0. The summed E-state index contributed by atoms with van der Waals surface area (Å²) in [7, 11) is 0. The zero-order valence-corrected chi connectivity index (χ0v) is 27.2. The molecule has 0 aliphatic rings. The van der Waals surface area contributed by atoms with Crippen LogP contribution in [0.4, 0.5) is 0 Å².